The molecule has 0 aliphatic carbocycles. The topological polar surface area (TPSA) is 110 Å². The van der Waals surface area contributed by atoms with Gasteiger partial charge in [0.25, 0.3) is 0 Å². The lowest BCUT2D eigenvalue weighted by molar-refractivity contribution is -0.120. The highest BCUT2D eigenvalue weighted by atomic mass is 32.2. The molecule has 1 saturated heterocycles. The summed E-state index contributed by atoms with van der Waals surface area (Å²) in [5.74, 6) is 0.311. The molecule has 0 atom stereocenters. The van der Waals surface area contributed by atoms with Gasteiger partial charge >= 0.3 is 0 Å². The molecule has 1 amide bonds. The zero-order chi connectivity index (χ0) is 20.4. The highest BCUT2D eigenvalue weighted by molar-refractivity contribution is 8.00. The van der Waals surface area contributed by atoms with Gasteiger partial charge in [0.15, 0.2) is 4.34 Å². The lowest BCUT2D eigenvalue weighted by Crippen LogP contribution is -2.40. The summed E-state index contributed by atoms with van der Waals surface area (Å²) in [6, 6.07) is 5.85. The monoisotopic (exact) mass is 452 g/mol. The molecule has 3 aromatic heterocycles. The number of amides is 1. The van der Waals surface area contributed by atoms with E-state index in [0.717, 1.165) is 15.7 Å². The summed E-state index contributed by atoms with van der Waals surface area (Å²) < 4.78 is 27.3. The van der Waals surface area contributed by atoms with Crippen LogP contribution in [0.1, 0.15) is 18.5 Å². The molecule has 1 aliphatic heterocycles. The number of anilines is 1. The Morgan fingerprint density at radius 1 is 1.31 bits per heavy atom. The number of sulfonamides is 1. The largest absolute Gasteiger partial charge is 0.307 e. The molecule has 3 aromatic rings. The number of carbonyl (C=O) groups excluding carboxylic acids is 1. The van der Waals surface area contributed by atoms with E-state index in [4.69, 9.17) is 0 Å². The third kappa shape index (κ3) is 4.94. The molecule has 29 heavy (non-hydrogen) atoms. The van der Waals surface area contributed by atoms with Crippen LogP contribution >= 0.6 is 23.1 Å². The third-order valence-electron chi connectivity index (χ3n) is 4.69. The first-order valence-corrected chi connectivity index (χ1v) is 12.7. The molecular formula is C17H20N6O3S3. The van der Waals surface area contributed by atoms with Crippen LogP contribution in [0, 0.1) is 5.92 Å². The summed E-state index contributed by atoms with van der Waals surface area (Å²) >= 11 is 2.84. The highest BCUT2D eigenvalue weighted by Crippen LogP contribution is 2.29. The van der Waals surface area contributed by atoms with Crippen molar-refractivity contribution in [1.82, 2.24) is 23.9 Å². The minimum atomic E-state index is -3.20. The first kappa shape index (κ1) is 20.3. The van der Waals surface area contributed by atoms with Crippen molar-refractivity contribution in [3.8, 4) is 0 Å². The van der Waals surface area contributed by atoms with Crippen molar-refractivity contribution in [2.24, 2.45) is 5.92 Å². The smallest absolute Gasteiger partial charge is 0.229 e. The predicted molar refractivity (Wildman–Crippen MR) is 112 cm³/mol. The molecule has 0 spiro atoms. The van der Waals surface area contributed by atoms with Crippen molar-refractivity contribution in [1.29, 1.82) is 0 Å². The molecule has 0 unspecified atom stereocenters. The summed E-state index contributed by atoms with van der Waals surface area (Å²) in [5, 5.41) is 11.4. The maximum atomic E-state index is 12.5. The number of hydrogen-bond donors (Lipinski definition) is 1. The molecule has 0 saturated carbocycles. The van der Waals surface area contributed by atoms with Crippen LogP contribution < -0.4 is 5.32 Å². The number of imidazole rings is 1. The molecular weight excluding hydrogens is 432 g/mol. The fourth-order valence-electron chi connectivity index (χ4n) is 3.17. The van der Waals surface area contributed by atoms with Crippen LogP contribution in [0.15, 0.2) is 34.9 Å². The molecule has 0 bridgehead atoms. The van der Waals surface area contributed by atoms with Gasteiger partial charge in [-0.3, -0.25) is 4.79 Å². The van der Waals surface area contributed by atoms with Crippen molar-refractivity contribution in [3.05, 3.63) is 36.3 Å². The van der Waals surface area contributed by atoms with Gasteiger partial charge in [-0.1, -0.05) is 29.2 Å². The number of fused-ring (bicyclic) bond motifs is 1. The number of pyridine rings is 1. The van der Waals surface area contributed by atoms with Gasteiger partial charge in [0.1, 0.15) is 5.65 Å². The lowest BCUT2D eigenvalue weighted by atomic mass is 9.97. The number of carbonyl (C=O) groups is 1. The third-order valence-corrected chi connectivity index (χ3v) is 8.00. The van der Waals surface area contributed by atoms with Crippen molar-refractivity contribution in [2.75, 3.05) is 24.7 Å². The average molecular weight is 453 g/mol. The maximum absolute atomic E-state index is 12.5. The van der Waals surface area contributed by atoms with Gasteiger partial charge in [0.05, 0.1) is 11.9 Å². The van der Waals surface area contributed by atoms with Crippen LogP contribution in [0.5, 0.6) is 0 Å². The summed E-state index contributed by atoms with van der Waals surface area (Å²) in [6.45, 7) is 0.736. The summed E-state index contributed by atoms with van der Waals surface area (Å²) in [6.07, 6.45) is 6.14. The maximum Gasteiger partial charge on any atom is 0.229 e. The number of aromatic nitrogens is 4. The molecule has 12 heteroatoms. The molecule has 0 aromatic carbocycles. The van der Waals surface area contributed by atoms with Gasteiger partial charge in [-0.15, -0.1) is 10.2 Å². The first-order chi connectivity index (χ1) is 13.9. The fourth-order valence-corrected chi connectivity index (χ4v) is 5.68. The van der Waals surface area contributed by atoms with E-state index in [-0.39, 0.29) is 11.8 Å². The predicted octanol–water partition coefficient (Wildman–Crippen LogP) is 2.09. The second kappa shape index (κ2) is 8.38. The van der Waals surface area contributed by atoms with E-state index in [2.05, 4.69) is 20.5 Å². The Kier molecular flexibility index (Phi) is 5.86. The second-order valence-corrected chi connectivity index (χ2v) is 11.0. The van der Waals surface area contributed by atoms with E-state index in [1.165, 1.54) is 33.7 Å². The Labute approximate surface area is 176 Å². The number of piperidine rings is 1. The van der Waals surface area contributed by atoms with E-state index in [1.54, 1.807) is 0 Å². The van der Waals surface area contributed by atoms with Gasteiger partial charge in [0.2, 0.25) is 21.1 Å². The van der Waals surface area contributed by atoms with Crippen molar-refractivity contribution in [2.45, 2.75) is 22.9 Å². The van der Waals surface area contributed by atoms with Crippen molar-refractivity contribution in [3.63, 3.8) is 0 Å². The minimum Gasteiger partial charge on any atom is -0.307 e. The minimum absolute atomic E-state index is 0.133. The molecule has 1 N–H and O–H groups in total. The van der Waals surface area contributed by atoms with E-state index >= 15 is 0 Å². The van der Waals surface area contributed by atoms with Crippen molar-refractivity contribution < 1.29 is 13.2 Å². The summed E-state index contributed by atoms with van der Waals surface area (Å²) in [4.78, 5) is 17.0. The number of thioether (sulfide) groups is 1. The molecule has 1 aliphatic rings. The SMILES string of the molecule is CS(=O)(=O)N1CCC(C(=O)Nc2nnc(SCc3cn4ccccc4n3)s2)CC1. The highest BCUT2D eigenvalue weighted by Gasteiger charge is 2.29. The van der Waals surface area contributed by atoms with Gasteiger partial charge in [-0.2, -0.15) is 0 Å². The number of hydrogen-bond acceptors (Lipinski definition) is 8. The normalized spacial score (nSPS) is 16.3. The first-order valence-electron chi connectivity index (χ1n) is 9.03. The van der Waals surface area contributed by atoms with E-state index in [9.17, 15) is 13.2 Å². The molecule has 0 radical (unpaired) electrons. The Morgan fingerprint density at radius 2 is 2.10 bits per heavy atom. The fraction of sp³-hybridized carbons (Fsp3) is 0.412. The number of rotatable bonds is 6. The van der Waals surface area contributed by atoms with Crippen LogP contribution in [0.25, 0.3) is 5.65 Å². The van der Waals surface area contributed by atoms with E-state index < -0.39 is 10.0 Å². The van der Waals surface area contributed by atoms with Crippen LogP contribution in [0.4, 0.5) is 5.13 Å². The number of nitrogens with zero attached hydrogens (tertiary/aromatic N) is 5. The van der Waals surface area contributed by atoms with Crippen LogP contribution in [0.3, 0.4) is 0 Å². The van der Waals surface area contributed by atoms with Crippen LogP contribution in [-0.2, 0) is 20.6 Å². The van der Waals surface area contributed by atoms with Crippen LogP contribution in [-0.4, -0.2) is 57.6 Å². The van der Waals surface area contributed by atoms with Crippen molar-refractivity contribution >= 4 is 49.8 Å². The quantitative estimate of drug-likeness (QED) is 0.450. The van der Waals surface area contributed by atoms with Crippen LogP contribution in [0.2, 0.25) is 0 Å². The summed E-state index contributed by atoms with van der Waals surface area (Å²) in [5.41, 5.74) is 1.84. The lowest BCUT2D eigenvalue weighted by Gasteiger charge is -2.29. The zero-order valence-corrected chi connectivity index (χ0v) is 18.1. The van der Waals surface area contributed by atoms with Gasteiger partial charge in [-0.05, 0) is 25.0 Å². The average Bonchev–Trinajstić information content (AvgIpc) is 3.32. The Balaban J connectivity index is 1.29. The molecule has 154 valence electrons. The molecule has 9 nitrogen and oxygen atoms in total. The molecule has 4 heterocycles. The Bertz CT molecular complexity index is 1090. The molecule has 1 fully saturated rings. The molecule has 4 rings (SSSR count). The van der Waals surface area contributed by atoms with Gasteiger partial charge in [0, 0.05) is 37.2 Å². The Morgan fingerprint density at radius 3 is 2.83 bits per heavy atom. The number of nitrogens with one attached hydrogen (secondary N) is 1. The van der Waals surface area contributed by atoms with E-state index in [0.29, 0.717) is 36.8 Å². The second-order valence-electron chi connectivity index (χ2n) is 6.79. The van der Waals surface area contributed by atoms with Gasteiger partial charge in [-0.25, -0.2) is 17.7 Å². The zero-order valence-electron chi connectivity index (χ0n) is 15.7. The van der Waals surface area contributed by atoms with Gasteiger partial charge < -0.3 is 9.72 Å². The summed E-state index contributed by atoms with van der Waals surface area (Å²) in [7, 11) is -3.20. The van der Waals surface area contributed by atoms with E-state index in [1.807, 2.05) is 35.0 Å². The Hall–Kier alpha value is -2.02. The standard InChI is InChI=1S/C17H20N6O3S3/c1-29(25,26)23-8-5-12(6-9-23)15(24)19-16-20-21-17(28-16)27-11-13-10-22-7-3-2-4-14(22)18-13/h2-4,7,10,12H,5-6,8-9,11H2,1H3,(H,19,20,24).